The smallest absolute Gasteiger partial charge is 0.359 e. The van der Waals surface area contributed by atoms with Crippen molar-refractivity contribution in [1.29, 1.82) is 0 Å². The van der Waals surface area contributed by atoms with Crippen molar-refractivity contribution < 1.29 is 18.7 Å². The summed E-state index contributed by atoms with van der Waals surface area (Å²) in [7, 11) is 0. The predicted octanol–water partition coefficient (Wildman–Crippen LogP) is 1.29. The molecule has 0 saturated heterocycles. The first kappa shape index (κ1) is 12.8. The van der Waals surface area contributed by atoms with Crippen molar-refractivity contribution in [3.63, 3.8) is 0 Å². The molecule has 1 aromatic heterocycles. The Hall–Kier alpha value is -2.63. The van der Waals surface area contributed by atoms with Gasteiger partial charge in [-0.2, -0.15) is 0 Å². The third-order valence-electron chi connectivity index (χ3n) is 2.32. The number of hydrogen-bond donors (Lipinski definition) is 1. The summed E-state index contributed by atoms with van der Waals surface area (Å²) in [4.78, 5) is 33.3. The SMILES string of the molecule is CC(=O)OC(=O)CNc1cc2ccccc2oc1=O. The van der Waals surface area contributed by atoms with Gasteiger partial charge in [0.2, 0.25) is 0 Å². The first-order chi connectivity index (χ1) is 9.06. The minimum Gasteiger partial charge on any atom is -0.421 e. The number of para-hydroxylation sites is 1. The van der Waals surface area contributed by atoms with E-state index in [-0.39, 0.29) is 12.2 Å². The number of ether oxygens (including phenoxy) is 1. The molecule has 0 unspecified atom stereocenters. The molecule has 6 nitrogen and oxygen atoms in total. The number of fused-ring (bicyclic) bond motifs is 1. The Bertz CT molecular complexity index is 689. The Labute approximate surface area is 108 Å². The quantitative estimate of drug-likeness (QED) is 0.509. The topological polar surface area (TPSA) is 85.6 Å². The highest BCUT2D eigenvalue weighted by Gasteiger charge is 2.09. The molecule has 0 fully saturated rings. The summed E-state index contributed by atoms with van der Waals surface area (Å²) in [5, 5.41) is 3.30. The zero-order valence-corrected chi connectivity index (χ0v) is 10.1. The Balaban J connectivity index is 2.17. The van der Waals surface area contributed by atoms with Crippen LogP contribution in [0.3, 0.4) is 0 Å². The van der Waals surface area contributed by atoms with Gasteiger partial charge < -0.3 is 14.5 Å². The van der Waals surface area contributed by atoms with E-state index in [0.29, 0.717) is 5.58 Å². The average molecular weight is 261 g/mol. The summed E-state index contributed by atoms with van der Waals surface area (Å²) in [6.07, 6.45) is 0. The number of anilines is 1. The van der Waals surface area contributed by atoms with E-state index in [4.69, 9.17) is 4.42 Å². The third kappa shape index (κ3) is 3.19. The second-order valence-corrected chi connectivity index (χ2v) is 3.80. The number of rotatable bonds is 3. The number of nitrogens with one attached hydrogen (secondary N) is 1. The van der Waals surface area contributed by atoms with Gasteiger partial charge in [0, 0.05) is 12.3 Å². The molecule has 6 heteroatoms. The second kappa shape index (κ2) is 5.34. The number of esters is 2. The van der Waals surface area contributed by atoms with Crippen molar-refractivity contribution in [2.75, 3.05) is 11.9 Å². The lowest BCUT2D eigenvalue weighted by atomic mass is 10.2. The molecule has 0 aliphatic carbocycles. The van der Waals surface area contributed by atoms with Crippen molar-refractivity contribution in [2.24, 2.45) is 0 Å². The van der Waals surface area contributed by atoms with Crippen molar-refractivity contribution in [3.8, 4) is 0 Å². The van der Waals surface area contributed by atoms with Gasteiger partial charge in [0.15, 0.2) is 0 Å². The standard InChI is InChI=1S/C13H11NO5/c1-8(15)18-12(16)7-14-10-6-9-4-2-3-5-11(9)19-13(10)17/h2-6,14H,7H2,1H3. The van der Waals surface area contributed by atoms with Crippen LogP contribution in [0, 0.1) is 0 Å². The molecule has 1 N–H and O–H groups in total. The van der Waals surface area contributed by atoms with Gasteiger partial charge >= 0.3 is 17.6 Å². The lowest BCUT2D eigenvalue weighted by Crippen LogP contribution is -2.21. The van der Waals surface area contributed by atoms with Crippen LogP contribution in [0.25, 0.3) is 11.0 Å². The maximum absolute atomic E-state index is 11.6. The Morgan fingerprint density at radius 3 is 2.79 bits per heavy atom. The van der Waals surface area contributed by atoms with E-state index in [9.17, 15) is 14.4 Å². The molecule has 1 aromatic carbocycles. The molecule has 0 bridgehead atoms. The fourth-order valence-electron chi connectivity index (χ4n) is 1.55. The van der Waals surface area contributed by atoms with Gasteiger partial charge in [-0.05, 0) is 12.1 Å². The Kier molecular flexibility index (Phi) is 3.61. The van der Waals surface area contributed by atoms with Gasteiger partial charge in [0.05, 0.1) is 0 Å². The maximum Gasteiger partial charge on any atom is 0.359 e. The van der Waals surface area contributed by atoms with Crippen LogP contribution in [-0.4, -0.2) is 18.5 Å². The van der Waals surface area contributed by atoms with E-state index < -0.39 is 17.6 Å². The van der Waals surface area contributed by atoms with Crippen LogP contribution in [0.4, 0.5) is 5.69 Å². The van der Waals surface area contributed by atoms with Crippen LogP contribution in [0.1, 0.15) is 6.92 Å². The molecule has 2 aromatic rings. The number of carbonyl (C=O) groups is 2. The molecule has 19 heavy (non-hydrogen) atoms. The van der Waals surface area contributed by atoms with E-state index >= 15 is 0 Å². The van der Waals surface area contributed by atoms with Crippen molar-refractivity contribution >= 4 is 28.6 Å². The van der Waals surface area contributed by atoms with Crippen LogP contribution in [0.2, 0.25) is 0 Å². The van der Waals surface area contributed by atoms with Crippen LogP contribution in [0.5, 0.6) is 0 Å². The van der Waals surface area contributed by atoms with Gasteiger partial charge in [-0.15, -0.1) is 0 Å². The number of hydrogen-bond acceptors (Lipinski definition) is 6. The first-order valence-corrected chi connectivity index (χ1v) is 5.54. The van der Waals surface area contributed by atoms with Crippen LogP contribution in [0.15, 0.2) is 39.5 Å². The maximum atomic E-state index is 11.6. The van der Waals surface area contributed by atoms with E-state index in [0.717, 1.165) is 12.3 Å². The molecule has 0 aliphatic rings. The van der Waals surface area contributed by atoms with Gasteiger partial charge in [0.25, 0.3) is 0 Å². The lowest BCUT2D eigenvalue weighted by Gasteiger charge is -2.04. The average Bonchev–Trinajstić information content (AvgIpc) is 2.35. The molecular formula is C13H11NO5. The van der Waals surface area contributed by atoms with Gasteiger partial charge in [-0.1, -0.05) is 18.2 Å². The molecule has 0 amide bonds. The molecule has 98 valence electrons. The van der Waals surface area contributed by atoms with Crippen molar-refractivity contribution in [2.45, 2.75) is 6.92 Å². The molecule has 0 spiro atoms. The van der Waals surface area contributed by atoms with Crippen LogP contribution in [-0.2, 0) is 14.3 Å². The van der Waals surface area contributed by atoms with E-state index in [1.165, 1.54) is 0 Å². The monoisotopic (exact) mass is 261 g/mol. The normalized spacial score (nSPS) is 10.2. The van der Waals surface area contributed by atoms with Crippen LogP contribution >= 0.6 is 0 Å². The second-order valence-electron chi connectivity index (χ2n) is 3.80. The fourth-order valence-corrected chi connectivity index (χ4v) is 1.55. The Morgan fingerprint density at radius 2 is 2.05 bits per heavy atom. The van der Waals surface area contributed by atoms with E-state index in [1.54, 1.807) is 30.3 Å². The largest absolute Gasteiger partial charge is 0.421 e. The molecule has 0 aliphatic heterocycles. The highest BCUT2D eigenvalue weighted by atomic mass is 16.6. The Morgan fingerprint density at radius 1 is 1.32 bits per heavy atom. The summed E-state index contributed by atoms with van der Waals surface area (Å²) in [6.45, 7) is 0.838. The summed E-state index contributed by atoms with van der Waals surface area (Å²) in [6, 6.07) is 8.57. The van der Waals surface area contributed by atoms with Crippen molar-refractivity contribution in [3.05, 3.63) is 40.8 Å². The summed E-state index contributed by atoms with van der Waals surface area (Å²) in [5.41, 5.74) is 0.0119. The van der Waals surface area contributed by atoms with E-state index in [2.05, 4.69) is 10.1 Å². The van der Waals surface area contributed by atoms with Gasteiger partial charge in [0.1, 0.15) is 17.8 Å². The predicted molar refractivity (Wildman–Crippen MR) is 67.7 cm³/mol. The zero-order chi connectivity index (χ0) is 13.8. The molecule has 2 rings (SSSR count). The lowest BCUT2D eigenvalue weighted by molar-refractivity contribution is -0.156. The first-order valence-electron chi connectivity index (χ1n) is 5.54. The minimum atomic E-state index is -0.764. The molecule has 0 saturated carbocycles. The molecule has 0 radical (unpaired) electrons. The van der Waals surface area contributed by atoms with Gasteiger partial charge in [-0.3, -0.25) is 4.79 Å². The van der Waals surface area contributed by atoms with Gasteiger partial charge in [-0.25, -0.2) is 9.59 Å². The third-order valence-corrected chi connectivity index (χ3v) is 2.32. The minimum absolute atomic E-state index is 0.138. The van der Waals surface area contributed by atoms with Crippen LogP contribution < -0.4 is 10.9 Å². The number of benzene rings is 1. The van der Waals surface area contributed by atoms with E-state index in [1.807, 2.05) is 0 Å². The summed E-state index contributed by atoms with van der Waals surface area (Å²) >= 11 is 0. The highest BCUT2D eigenvalue weighted by Crippen LogP contribution is 2.14. The molecule has 1 heterocycles. The van der Waals surface area contributed by atoms with Crippen molar-refractivity contribution in [1.82, 2.24) is 0 Å². The fraction of sp³-hybridized carbons (Fsp3) is 0.154. The summed E-state index contributed by atoms with van der Waals surface area (Å²) in [5.74, 6) is -1.46. The highest BCUT2D eigenvalue weighted by molar-refractivity contribution is 5.87. The zero-order valence-electron chi connectivity index (χ0n) is 10.1. The number of carbonyl (C=O) groups excluding carboxylic acids is 2. The summed E-state index contributed by atoms with van der Waals surface area (Å²) < 4.78 is 9.40. The molecular weight excluding hydrogens is 250 g/mol. The molecule has 0 atom stereocenters.